The average Bonchev–Trinajstić information content (AvgIpc) is 3.16. The molecule has 2 amide bonds. The molecule has 10 heteroatoms. The van der Waals surface area contributed by atoms with Gasteiger partial charge in [0.05, 0.1) is 12.9 Å². The molecule has 2 aromatic carbocycles. The fourth-order valence-electron chi connectivity index (χ4n) is 2.90. The monoisotopic (exact) mass is 462 g/mol. The van der Waals surface area contributed by atoms with Crippen molar-refractivity contribution in [2.75, 3.05) is 37.0 Å². The van der Waals surface area contributed by atoms with Gasteiger partial charge >= 0.3 is 6.03 Å². The van der Waals surface area contributed by atoms with E-state index in [4.69, 9.17) is 4.74 Å². The Hall–Kier alpha value is -2.69. The first-order chi connectivity index (χ1) is 15.0. The number of nitrogens with one attached hydrogen (secondary N) is 1. The lowest BCUT2D eigenvalue weighted by Crippen LogP contribution is -2.42. The smallest absolute Gasteiger partial charge is 0.327 e. The molecule has 0 bridgehead atoms. The molecule has 6 nitrogen and oxygen atoms in total. The number of benzene rings is 2. The van der Waals surface area contributed by atoms with E-state index in [1.807, 2.05) is 24.3 Å². The van der Waals surface area contributed by atoms with Gasteiger partial charge in [-0.15, -0.1) is 0 Å². The lowest BCUT2D eigenvalue weighted by atomic mass is 10.1. The summed E-state index contributed by atoms with van der Waals surface area (Å²) in [6.07, 6.45) is 1.47. The Labute approximate surface area is 187 Å². The molecule has 162 valence electrons. The highest BCUT2D eigenvalue weighted by atomic mass is 32.2. The van der Waals surface area contributed by atoms with Crippen LogP contribution in [0.15, 0.2) is 59.6 Å². The van der Waals surface area contributed by atoms with Crippen molar-refractivity contribution in [3.63, 3.8) is 0 Å². The van der Waals surface area contributed by atoms with E-state index < -0.39 is 5.82 Å². The summed E-state index contributed by atoms with van der Waals surface area (Å²) < 4.78 is 33.5. The van der Waals surface area contributed by atoms with Crippen LogP contribution in [0.4, 0.5) is 24.4 Å². The maximum Gasteiger partial charge on any atom is 0.327 e. The standard InChI is InChI=1S/C21H20F2N4O2S2/c1-26(16-5-3-7-18(9-16)31-27-12-14(10-22)13-27)21(28)25-20-24-11-19(30-20)29-17-6-2-4-15(23)8-17/h2-9,11,14H,10,12-13H2,1H3,(H,24,25,28). The predicted octanol–water partition coefficient (Wildman–Crippen LogP) is 5.65. The highest BCUT2D eigenvalue weighted by molar-refractivity contribution is 7.97. The maximum atomic E-state index is 13.3. The van der Waals surface area contributed by atoms with Crippen molar-refractivity contribution in [3.8, 4) is 10.8 Å². The third-order valence-electron chi connectivity index (χ3n) is 4.60. The van der Waals surface area contributed by atoms with Gasteiger partial charge in [-0.2, -0.15) is 0 Å². The highest BCUT2D eigenvalue weighted by Gasteiger charge is 2.27. The first kappa shape index (κ1) is 21.5. The van der Waals surface area contributed by atoms with Gasteiger partial charge in [0.15, 0.2) is 5.13 Å². The van der Waals surface area contributed by atoms with Crippen molar-refractivity contribution in [3.05, 3.63) is 60.5 Å². The van der Waals surface area contributed by atoms with Crippen LogP contribution in [0.2, 0.25) is 0 Å². The molecule has 0 atom stereocenters. The number of carbonyl (C=O) groups excluding carboxylic acids is 1. The van der Waals surface area contributed by atoms with E-state index in [2.05, 4.69) is 14.6 Å². The number of nitrogens with zero attached hydrogens (tertiary/aromatic N) is 3. The molecule has 31 heavy (non-hydrogen) atoms. The predicted molar refractivity (Wildman–Crippen MR) is 119 cm³/mol. The van der Waals surface area contributed by atoms with Gasteiger partial charge in [-0.25, -0.2) is 18.5 Å². The van der Waals surface area contributed by atoms with Crippen LogP contribution in [0, 0.1) is 11.7 Å². The van der Waals surface area contributed by atoms with Crippen LogP contribution in [0.25, 0.3) is 0 Å². The van der Waals surface area contributed by atoms with Gasteiger partial charge < -0.3 is 4.74 Å². The first-order valence-electron chi connectivity index (χ1n) is 9.53. The molecule has 3 aromatic rings. The minimum absolute atomic E-state index is 0.122. The second-order valence-electron chi connectivity index (χ2n) is 6.99. The molecule has 2 heterocycles. The zero-order chi connectivity index (χ0) is 21.8. The van der Waals surface area contributed by atoms with Crippen molar-refractivity contribution in [1.82, 2.24) is 9.29 Å². The van der Waals surface area contributed by atoms with Crippen LogP contribution < -0.4 is 15.0 Å². The van der Waals surface area contributed by atoms with Crippen molar-refractivity contribution < 1.29 is 18.3 Å². The Morgan fingerprint density at radius 3 is 2.90 bits per heavy atom. The Kier molecular flexibility index (Phi) is 6.69. The second-order valence-corrected chi connectivity index (χ2v) is 9.15. The van der Waals surface area contributed by atoms with Crippen molar-refractivity contribution >= 4 is 40.1 Å². The van der Waals surface area contributed by atoms with Crippen molar-refractivity contribution in [2.24, 2.45) is 5.92 Å². The van der Waals surface area contributed by atoms with Gasteiger partial charge in [0.25, 0.3) is 0 Å². The zero-order valence-electron chi connectivity index (χ0n) is 16.6. The summed E-state index contributed by atoms with van der Waals surface area (Å²) in [6, 6.07) is 13.0. The molecule has 1 fully saturated rings. The number of anilines is 2. The quantitative estimate of drug-likeness (QED) is 0.460. The van der Waals surface area contributed by atoms with Gasteiger partial charge in [-0.05, 0) is 42.3 Å². The number of hydrogen-bond donors (Lipinski definition) is 1. The Morgan fingerprint density at radius 2 is 2.13 bits per heavy atom. The third-order valence-corrected chi connectivity index (χ3v) is 6.41. The number of halogens is 2. The fraction of sp³-hybridized carbons (Fsp3) is 0.238. The molecule has 1 N–H and O–H groups in total. The first-order valence-corrected chi connectivity index (χ1v) is 11.1. The molecular formula is C21H20F2N4O2S2. The summed E-state index contributed by atoms with van der Waals surface area (Å²) in [5.74, 6) is 0.0825. The van der Waals surface area contributed by atoms with Crippen LogP contribution in [0.3, 0.4) is 0 Å². The summed E-state index contributed by atoms with van der Waals surface area (Å²) in [6.45, 7) is 1.17. The number of alkyl halides is 1. The number of thiazole rings is 1. The van der Waals surface area contributed by atoms with Gasteiger partial charge in [-0.3, -0.25) is 14.6 Å². The number of aromatic nitrogens is 1. The molecule has 4 rings (SSSR count). The Morgan fingerprint density at radius 1 is 1.32 bits per heavy atom. The fourth-order valence-corrected chi connectivity index (χ4v) is 4.76. The van der Waals surface area contributed by atoms with Crippen molar-refractivity contribution in [1.29, 1.82) is 0 Å². The molecule has 1 aromatic heterocycles. The number of carbonyl (C=O) groups is 1. The summed E-state index contributed by atoms with van der Waals surface area (Å²) in [4.78, 5) is 19.2. The van der Waals surface area contributed by atoms with Gasteiger partial charge in [0.1, 0.15) is 11.6 Å². The summed E-state index contributed by atoms with van der Waals surface area (Å²) in [7, 11) is 1.67. The van der Waals surface area contributed by atoms with Crippen LogP contribution in [-0.4, -0.2) is 42.1 Å². The molecule has 0 unspecified atom stereocenters. The largest absolute Gasteiger partial charge is 0.445 e. The van der Waals surface area contributed by atoms with E-state index in [1.54, 1.807) is 31.1 Å². The number of amides is 2. The number of rotatable bonds is 7. The summed E-state index contributed by atoms with van der Waals surface area (Å²) >= 11 is 2.70. The Bertz CT molecular complexity index is 1060. The normalized spacial score (nSPS) is 14.2. The summed E-state index contributed by atoms with van der Waals surface area (Å²) in [5, 5.41) is 3.54. The topological polar surface area (TPSA) is 57.7 Å². The van der Waals surface area contributed by atoms with Gasteiger partial charge in [0.2, 0.25) is 5.06 Å². The molecule has 0 spiro atoms. The molecule has 1 aliphatic heterocycles. The van der Waals surface area contributed by atoms with Crippen LogP contribution in [0.1, 0.15) is 0 Å². The second kappa shape index (κ2) is 9.63. The zero-order valence-corrected chi connectivity index (χ0v) is 18.3. The number of hydrogen-bond acceptors (Lipinski definition) is 6. The number of urea groups is 1. The molecule has 0 aliphatic carbocycles. The minimum Gasteiger partial charge on any atom is -0.445 e. The minimum atomic E-state index is -0.395. The molecule has 0 saturated carbocycles. The van der Waals surface area contributed by atoms with E-state index in [-0.39, 0.29) is 18.6 Å². The van der Waals surface area contributed by atoms with Crippen LogP contribution >= 0.6 is 23.3 Å². The lowest BCUT2D eigenvalue weighted by Gasteiger charge is -2.36. The van der Waals surface area contributed by atoms with Crippen LogP contribution in [-0.2, 0) is 0 Å². The number of ether oxygens (including phenoxy) is 1. The molecule has 1 aliphatic rings. The molecule has 1 saturated heterocycles. The molecular weight excluding hydrogens is 442 g/mol. The lowest BCUT2D eigenvalue weighted by molar-refractivity contribution is 0.178. The third kappa shape index (κ3) is 5.52. The SMILES string of the molecule is CN(C(=O)Nc1ncc(Oc2cccc(F)c2)s1)c1cccc(SN2CC(CF)C2)c1. The van der Waals surface area contributed by atoms with Gasteiger partial charge in [-0.1, -0.05) is 23.5 Å². The van der Waals surface area contributed by atoms with E-state index in [0.717, 1.165) is 35.0 Å². The average molecular weight is 463 g/mol. The van der Waals surface area contributed by atoms with E-state index >= 15 is 0 Å². The highest BCUT2D eigenvalue weighted by Crippen LogP contribution is 2.33. The van der Waals surface area contributed by atoms with E-state index in [0.29, 0.717) is 15.9 Å². The summed E-state index contributed by atoms with van der Waals surface area (Å²) in [5.41, 5.74) is 0.720. The van der Waals surface area contributed by atoms with Crippen LogP contribution in [0.5, 0.6) is 10.8 Å². The van der Waals surface area contributed by atoms with E-state index in [9.17, 15) is 13.6 Å². The van der Waals surface area contributed by atoms with Gasteiger partial charge in [0, 0.05) is 42.7 Å². The van der Waals surface area contributed by atoms with E-state index in [1.165, 1.54) is 23.2 Å². The molecule has 0 radical (unpaired) electrons. The van der Waals surface area contributed by atoms with Crippen molar-refractivity contribution in [2.45, 2.75) is 4.90 Å². The maximum absolute atomic E-state index is 13.3. The Balaban J connectivity index is 1.34.